The molecule has 0 atom stereocenters. The summed E-state index contributed by atoms with van der Waals surface area (Å²) < 4.78 is 51.1. The highest BCUT2D eigenvalue weighted by Gasteiger charge is 2.27. The van der Waals surface area contributed by atoms with E-state index in [1.165, 1.54) is 0 Å². The topological polar surface area (TPSA) is 12.0 Å². The summed E-state index contributed by atoms with van der Waals surface area (Å²) in [5.74, 6) is -6.06. The first-order chi connectivity index (χ1) is 6.13. The molecule has 0 aromatic heterocycles. The summed E-state index contributed by atoms with van der Waals surface area (Å²) >= 11 is 0. The fourth-order valence-electron chi connectivity index (χ4n) is 1.40. The van der Waals surface area contributed by atoms with Gasteiger partial charge in [0.05, 0.1) is 0 Å². The summed E-state index contributed by atoms with van der Waals surface area (Å²) in [6.07, 6.45) is 0. The zero-order chi connectivity index (χ0) is 9.59. The number of hydrogen-bond donors (Lipinski definition) is 1. The van der Waals surface area contributed by atoms with E-state index in [4.69, 9.17) is 0 Å². The van der Waals surface area contributed by atoms with E-state index in [9.17, 15) is 17.6 Å². The van der Waals surface area contributed by atoms with Gasteiger partial charge >= 0.3 is 0 Å². The maximum Gasteiger partial charge on any atom is 0.197 e. The predicted molar refractivity (Wildman–Crippen MR) is 36.8 cm³/mol. The molecule has 0 bridgehead atoms. The Hall–Kier alpha value is -1.10. The molecule has 2 rings (SSSR count). The molecule has 1 aliphatic heterocycles. The lowest BCUT2D eigenvalue weighted by Crippen LogP contribution is -2.03. The van der Waals surface area contributed by atoms with E-state index in [0.717, 1.165) is 0 Å². The van der Waals surface area contributed by atoms with E-state index in [-0.39, 0.29) is 24.2 Å². The number of benzene rings is 1. The van der Waals surface area contributed by atoms with Crippen LogP contribution in [0.2, 0.25) is 0 Å². The van der Waals surface area contributed by atoms with Crippen LogP contribution in [-0.4, -0.2) is 0 Å². The van der Waals surface area contributed by atoms with Gasteiger partial charge in [-0.1, -0.05) is 0 Å². The maximum atomic E-state index is 12.9. The Bertz CT molecular complexity index is 340. The van der Waals surface area contributed by atoms with Crippen LogP contribution in [0.25, 0.3) is 0 Å². The third kappa shape index (κ3) is 1.03. The van der Waals surface area contributed by atoms with Crippen LogP contribution >= 0.6 is 0 Å². The van der Waals surface area contributed by atoms with Gasteiger partial charge in [-0.25, -0.2) is 17.6 Å². The molecular weight excluding hydrogens is 186 g/mol. The monoisotopic (exact) mass is 191 g/mol. The van der Waals surface area contributed by atoms with Gasteiger partial charge in [-0.05, 0) is 0 Å². The zero-order valence-electron chi connectivity index (χ0n) is 6.43. The minimum Gasteiger partial charge on any atom is -0.308 e. The second kappa shape index (κ2) is 2.70. The van der Waals surface area contributed by atoms with Crippen LogP contribution in [0.15, 0.2) is 0 Å². The van der Waals surface area contributed by atoms with E-state index in [2.05, 4.69) is 5.32 Å². The van der Waals surface area contributed by atoms with Gasteiger partial charge in [-0.3, -0.25) is 0 Å². The lowest BCUT2D eigenvalue weighted by atomic mass is 10.1. The van der Waals surface area contributed by atoms with E-state index < -0.39 is 23.3 Å². The van der Waals surface area contributed by atoms with Crippen LogP contribution in [-0.2, 0) is 13.1 Å². The van der Waals surface area contributed by atoms with Gasteiger partial charge < -0.3 is 5.32 Å². The molecular formula is C8H5F4N. The van der Waals surface area contributed by atoms with Crippen molar-refractivity contribution in [3.8, 4) is 0 Å². The Morgan fingerprint density at radius 2 is 1.08 bits per heavy atom. The van der Waals surface area contributed by atoms with Crippen molar-refractivity contribution in [2.45, 2.75) is 13.1 Å². The Kier molecular flexibility index (Phi) is 1.76. The minimum absolute atomic E-state index is 0.0370. The van der Waals surface area contributed by atoms with Gasteiger partial charge in [0.25, 0.3) is 0 Å². The Labute approximate surface area is 71.4 Å². The molecule has 1 nitrogen and oxygen atoms in total. The summed E-state index contributed by atoms with van der Waals surface area (Å²) in [5.41, 5.74) is -0.229. The minimum atomic E-state index is -1.74. The van der Waals surface area contributed by atoms with Crippen molar-refractivity contribution in [1.29, 1.82) is 0 Å². The van der Waals surface area contributed by atoms with Gasteiger partial charge in [-0.2, -0.15) is 0 Å². The van der Waals surface area contributed by atoms with Crippen LogP contribution in [0.1, 0.15) is 11.1 Å². The van der Waals surface area contributed by atoms with Crippen LogP contribution in [0.3, 0.4) is 0 Å². The molecule has 70 valence electrons. The average Bonchev–Trinajstić information content (AvgIpc) is 2.59. The molecule has 1 aromatic carbocycles. The first-order valence-corrected chi connectivity index (χ1v) is 3.67. The fourth-order valence-corrected chi connectivity index (χ4v) is 1.40. The molecule has 0 unspecified atom stereocenters. The largest absolute Gasteiger partial charge is 0.308 e. The molecule has 1 aliphatic rings. The smallest absolute Gasteiger partial charge is 0.197 e. The summed E-state index contributed by atoms with van der Waals surface area (Å²) in [6.45, 7) is 0.0740. The van der Waals surface area contributed by atoms with E-state index in [0.29, 0.717) is 0 Å². The molecule has 0 aliphatic carbocycles. The van der Waals surface area contributed by atoms with Crippen LogP contribution in [0.5, 0.6) is 0 Å². The second-order valence-electron chi connectivity index (χ2n) is 2.82. The van der Waals surface area contributed by atoms with Crippen molar-refractivity contribution in [2.75, 3.05) is 0 Å². The van der Waals surface area contributed by atoms with E-state index in [1.54, 1.807) is 0 Å². The van der Waals surface area contributed by atoms with Crippen molar-refractivity contribution in [3.05, 3.63) is 34.4 Å². The fraction of sp³-hybridized carbons (Fsp3) is 0.250. The number of halogens is 4. The van der Waals surface area contributed by atoms with Gasteiger partial charge in [-0.15, -0.1) is 0 Å². The highest BCUT2D eigenvalue weighted by molar-refractivity contribution is 5.34. The van der Waals surface area contributed by atoms with Gasteiger partial charge in [0.2, 0.25) is 0 Å². The van der Waals surface area contributed by atoms with Crippen molar-refractivity contribution >= 4 is 0 Å². The number of nitrogens with one attached hydrogen (secondary N) is 1. The zero-order valence-corrected chi connectivity index (χ0v) is 6.43. The van der Waals surface area contributed by atoms with E-state index >= 15 is 0 Å². The summed E-state index contributed by atoms with van der Waals surface area (Å²) in [6, 6.07) is 0. The molecule has 0 radical (unpaired) electrons. The Balaban J connectivity index is 2.77. The quantitative estimate of drug-likeness (QED) is 0.375. The lowest BCUT2D eigenvalue weighted by Gasteiger charge is -2.03. The van der Waals surface area contributed by atoms with Gasteiger partial charge in [0.15, 0.2) is 23.3 Å². The Morgan fingerprint density at radius 1 is 0.692 bits per heavy atom. The third-order valence-corrected chi connectivity index (χ3v) is 2.08. The van der Waals surface area contributed by atoms with Gasteiger partial charge in [0.1, 0.15) is 0 Å². The standard InChI is InChI=1S/C8H5F4N/c9-5-3-1-13-2-4(3)6(10)8(12)7(5)11/h13H,1-2H2. The summed E-state index contributed by atoms with van der Waals surface area (Å²) in [4.78, 5) is 0. The van der Waals surface area contributed by atoms with Crippen molar-refractivity contribution < 1.29 is 17.6 Å². The van der Waals surface area contributed by atoms with Crippen molar-refractivity contribution in [1.82, 2.24) is 5.32 Å². The van der Waals surface area contributed by atoms with Crippen LogP contribution in [0, 0.1) is 23.3 Å². The molecule has 1 N–H and O–H groups in total. The first-order valence-electron chi connectivity index (χ1n) is 3.67. The summed E-state index contributed by atoms with van der Waals surface area (Å²) in [5, 5.41) is 2.61. The molecule has 1 heterocycles. The highest BCUT2D eigenvalue weighted by atomic mass is 19.2. The average molecular weight is 191 g/mol. The summed E-state index contributed by atoms with van der Waals surface area (Å²) in [7, 11) is 0. The highest BCUT2D eigenvalue weighted by Crippen LogP contribution is 2.26. The molecule has 0 spiro atoms. The predicted octanol–water partition coefficient (Wildman–Crippen LogP) is 1.85. The van der Waals surface area contributed by atoms with Crippen LogP contribution < -0.4 is 5.32 Å². The molecule has 0 amide bonds. The normalized spacial score (nSPS) is 14.8. The molecule has 0 saturated heterocycles. The molecule has 1 aromatic rings. The van der Waals surface area contributed by atoms with Crippen molar-refractivity contribution in [2.24, 2.45) is 0 Å². The molecule has 13 heavy (non-hydrogen) atoms. The SMILES string of the molecule is Fc1c(F)c(F)c2c(c1F)CNC2. The first kappa shape index (κ1) is 8.50. The number of hydrogen-bond acceptors (Lipinski definition) is 1. The molecule has 5 heteroatoms. The van der Waals surface area contributed by atoms with Crippen molar-refractivity contribution in [3.63, 3.8) is 0 Å². The number of rotatable bonds is 0. The lowest BCUT2D eigenvalue weighted by molar-refractivity contribution is 0.402. The number of fused-ring (bicyclic) bond motifs is 1. The van der Waals surface area contributed by atoms with Crippen LogP contribution in [0.4, 0.5) is 17.6 Å². The second-order valence-corrected chi connectivity index (χ2v) is 2.82. The Morgan fingerprint density at radius 3 is 1.46 bits per heavy atom. The van der Waals surface area contributed by atoms with Gasteiger partial charge in [0, 0.05) is 24.2 Å². The van der Waals surface area contributed by atoms with E-state index in [1.807, 2.05) is 0 Å². The molecule has 0 saturated carbocycles. The third-order valence-electron chi connectivity index (χ3n) is 2.08. The maximum absolute atomic E-state index is 12.9. The molecule has 0 fully saturated rings.